The normalized spacial score (nSPS) is 33.9. The maximum Gasteiger partial charge on any atom is 0.308 e. The van der Waals surface area contributed by atoms with E-state index in [1.54, 1.807) is 0 Å². The highest BCUT2D eigenvalue weighted by Gasteiger charge is 2.45. The summed E-state index contributed by atoms with van der Waals surface area (Å²) in [6, 6.07) is 0.300. The number of aliphatic carboxylic acids is 1. The van der Waals surface area contributed by atoms with Gasteiger partial charge in [0.25, 0.3) is 0 Å². The Kier molecular flexibility index (Phi) is 4.05. The first-order chi connectivity index (χ1) is 8.08. The predicted molar refractivity (Wildman–Crippen MR) is 67.0 cm³/mol. The Labute approximate surface area is 104 Å². The average Bonchev–Trinajstić information content (AvgIpc) is 3.06. The predicted octanol–water partition coefficient (Wildman–Crippen LogP) is 1.12. The average molecular weight is 240 g/mol. The number of piperidine rings is 1. The van der Waals surface area contributed by atoms with E-state index in [1.807, 2.05) is 0 Å². The second kappa shape index (κ2) is 5.36. The number of hydrogen-bond acceptors (Lipinski definition) is 3. The lowest BCUT2D eigenvalue weighted by molar-refractivity contribution is -0.138. The van der Waals surface area contributed by atoms with Crippen molar-refractivity contribution < 1.29 is 9.90 Å². The van der Waals surface area contributed by atoms with E-state index >= 15 is 0 Å². The zero-order valence-corrected chi connectivity index (χ0v) is 10.9. The standard InChI is InChI=1S/C13H24N2O2/c1-14-6-3-4-10(9-14)5-7-15(2)12-8-11(12)13(16)17/h10-12H,3-9H2,1-2H3,(H,16,17). The second-order valence-electron chi connectivity index (χ2n) is 5.79. The van der Waals surface area contributed by atoms with Crippen LogP contribution in [0.3, 0.4) is 0 Å². The molecule has 1 aliphatic carbocycles. The van der Waals surface area contributed by atoms with Gasteiger partial charge in [0.2, 0.25) is 0 Å². The van der Waals surface area contributed by atoms with Crippen LogP contribution >= 0.6 is 0 Å². The minimum atomic E-state index is -0.626. The van der Waals surface area contributed by atoms with Gasteiger partial charge in [-0.25, -0.2) is 0 Å². The molecular formula is C13H24N2O2. The van der Waals surface area contributed by atoms with Crippen molar-refractivity contribution in [2.24, 2.45) is 11.8 Å². The fraction of sp³-hybridized carbons (Fsp3) is 0.923. The summed E-state index contributed by atoms with van der Waals surface area (Å²) in [7, 11) is 4.26. The van der Waals surface area contributed by atoms with Gasteiger partial charge in [0.15, 0.2) is 0 Å². The van der Waals surface area contributed by atoms with Crippen molar-refractivity contribution in [3.8, 4) is 0 Å². The quantitative estimate of drug-likeness (QED) is 0.782. The Hall–Kier alpha value is -0.610. The molecule has 2 rings (SSSR count). The molecule has 17 heavy (non-hydrogen) atoms. The summed E-state index contributed by atoms with van der Waals surface area (Å²) in [5.74, 6) is 0.0755. The monoisotopic (exact) mass is 240 g/mol. The molecule has 1 N–H and O–H groups in total. The largest absolute Gasteiger partial charge is 0.481 e. The number of carbonyl (C=O) groups is 1. The fourth-order valence-corrected chi connectivity index (χ4v) is 3.00. The molecule has 0 aromatic rings. The highest BCUT2D eigenvalue weighted by Crippen LogP contribution is 2.35. The number of carboxylic acid groups (broad SMARTS) is 1. The first kappa shape index (κ1) is 12.8. The summed E-state index contributed by atoms with van der Waals surface area (Å²) in [5.41, 5.74) is 0. The summed E-state index contributed by atoms with van der Waals surface area (Å²) < 4.78 is 0. The van der Waals surface area contributed by atoms with E-state index in [0.717, 1.165) is 18.9 Å². The fourth-order valence-electron chi connectivity index (χ4n) is 3.00. The third-order valence-electron chi connectivity index (χ3n) is 4.25. The highest BCUT2D eigenvalue weighted by atomic mass is 16.4. The first-order valence-corrected chi connectivity index (χ1v) is 6.69. The van der Waals surface area contributed by atoms with Crippen LogP contribution in [0.5, 0.6) is 0 Å². The first-order valence-electron chi connectivity index (χ1n) is 6.69. The molecule has 4 heteroatoms. The Morgan fingerprint density at radius 1 is 1.53 bits per heavy atom. The third kappa shape index (κ3) is 3.42. The lowest BCUT2D eigenvalue weighted by Crippen LogP contribution is -2.34. The van der Waals surface area contributed by atoms with Crippen LogP contribution in [-0.4, -0.2) is 60.6 Å². The van der Waals surface area contributed by atoms with Crippen molar-refractivity contribution in [2.45, 2.75) is 31.7 Å². The van der Waals surface area contributed by atoms with Gasteiger partial charge in [-0.1, -0.05) is 0 Å². The van der Waals surface area contributed by atoms with Gasteiger partial charge in [0, 0.05) is 12.6 Å². The lowest BCUT2D eigenvalue weighted by atomic mass is 9.95. The molecule has 1 aliphatic heterocycles. The molecule has 0 radical (unpaired) electrons. The Morgan fingerprint density at radius 3 is 2.88 bits per heavy atom. The molecule has 1 saturated heterocycles. The van der Waals surface area contributed by atoms with Crippen molar-refractivity contribution in [1.82, 2.24) is 9.80 Å². The van der Waals surface area contributed by atoms with Gasteiger partial charge >= 0.3 is 5.97 Å². The van der Waals surface area contributed by atoms with Crippen LogP contribution in [0.1, 0.15) is 25.7 Å². The number of hydrogen-bond donors (Lipinski definition) is 1. The van der Waals surface area contributed by atoms with Crippen LogP contribution < -0.4 is 0 Å². The lowest BCUT2D eigenvalue weighted by Gasteiger charge is -2.30. The van der Waals surface area contributed by atoms with Crippen LogP contribution in [0.25, 0.3) is 0 Å². The van der Waals surface area contributed by atoms with E-state index in [4.69, 9.17) is 5.11 Å². The summed E-state index contributed by atoms with van der Waals surface area (Å²) in [5, 5.41) is 8.89. The van der Waals surface area contributed by atoms with Gasteiger partial charge in [0.05, 0.1) is 5.92 Å². The molecule has 0 bridgehead atoms. The zero-order chi connectivity index (χ0) is 12.4. The summed E-state index contributed by atoms with van der Waals surface area (Å²) in [4.78, 5) is 15.4. The topological polar surface area (TPSA) is 43.8 Å². The molecule has 4 nitrogen and oxygen atoms in total. The molecule has 3 unspecified atom stereocenters. The molecule has 2 fully saturated rings. The second-order valence-corrected chi connectivity index (χ2v) is 5.79. The molecule has 1 saturated carbocycles. The zero-order valence-electron chi connectivity index (χ0n) is 10.9. The van der Waals surface area contributed by atoms with Crippen LogP contribution in [0.15, 0.2) is 0 Å². The number of nitrogens with zero attached hydrogens (tertiary/aromatic N) is 2. The van der Waals surface area contributed by atoms with Crippen molar-refractivity contribution in [1.29, 1.82) is 0 Å². The van der Waals surface area contributed by atoms with Gasteiger partial charge in [-0.3, -0.25) is 4.79 Å². The molecule has 98 valence electrons. The third-order valence-corrected chi connectivity index (χ3v) is 4.25. The van der Waals surface area contributed by atoms with Crippen molar-refractivity contribution in [3.05, 3.63) is 0 Å². The minimum absolute atomic E-state index is 0.103. The van der Waals surface area contributed by atoms with E-state index in [9.17, 15) is 4.79 Å². The van der Waals surface area contributed by atoms with Crippen LogP contribution in [0.4, 0.5) is 0 Å². The van der Waals surface area contributed by atoms with E-state index < -0.39 is 5.97 Å². The number of carboxylic acids is 1. The van der Waals surface area contributed by atoms with E-state index in [0.29, 0.717) is 6.04 Å². The molecule has 3 atom stereocenters. The van der Waals surface area contributed by atoms with Crippen molar-refractivity contribution in [2.75, 3.05) is 33.7 Å². The van der Waals surface area contributed by atoms with E-state index in [-0.39, 0.29) is 5.92 Å². The summed E-state index contributed by atoms with van der Waals surface area (Å²) >= 11 is 0. The number of rotatable bonds is 5. The minimum Gasteiger partial charge on any atom is -0.481 e. The smallest absolute Gasteiger partial charge is 0.308 e. The molecule has 0 aromatic heterocycles. The molecule has 0 aromatic carbocycles. The molecule has 1 heterocycles. The van der Waals surface area contributed by atoms with Gasteiger partial charge in [-0.15, -0.1) is 0 Å². The van der Waals surface area contributed by atoms with Crippen LogP contribution in [-0.2, 0) is 4.79 Å². The molecule has 0 spiro atoms. The SMILES string of the molecule is CN1CCCC(CCN(C)C2CC2C(=O)O)C1. The van der Waals surface area contributed by atoms with Crippen LogP contribution in [0.2, 0.25) is 0 Å². The van der Waals surface area contributed by atoms with Crippen molar-refractivity contribution in [3.63, 3.8) is 0 Å². The molecule has 2 aliphatic rings. The van der Waals surface area contributed by atoms with Gasteiger partial charge in [-0.2, -0.15) is 0 Å². The van der Waals surface area contributed by atoms with E-state index in [1.165, 1.54) is 32.4 Å². The van der Waals surface area contributed by atoms with Crippen LogP contribution in [0, 0.1) is 11.8 Å². The Balaban J connectivity index is 1.66. The molecular weight excluding hydrogens is 216 g/mol. The number of likely N-dealkylation sites (tertiary alicyclic amines) is 1. The maximum atomic E-state index is 10.8. The van der Waals surface area contributed by atoms with Gasteiger partial charge in [0.1, 0.15) is 0 Å². The van der Waals surface area contributed by atoms with Crippen molar-refractivity contribution >= 4 is 5.97 Å². The summed E-state index contributed by atoms with van der Waals surface area (Å²) in [6.45, 7) is 3.49. The van der Waals surface area contributed by atoms with Gasteiger partial charge < -0.3 is 14.9 Å². The summed E-state index contributed by atoms with van der Waals surface area (Å²) in [6.07, 6.45) is 4.71. The Morgan fingerprint density at radius 2 is 2.29 bits per heavy atom. The van der Waals surface area contributed by atoms with E-state index in [2.05, 4.69) is 23.9 Å². The van der Waals surface area contributed by atoms with Gasteiger partial charge in [-0.05, 0) is 58.8 Å². The Bertz CT molecular complexity index is 283. The maximum absolute atomic E-state index is 10.8. The highest BCUT2D eigenvalue weighted by molar-refractivity contribution is 5.74. The molecule has 0 amide bonds.